The molecule has 1 aliphatic rings. The van der Waals surface area contributed by atoms with E-state index in [9.17, 15) is 9.59 Å². The van der Waals surface area contributed by atoms with E-state index in [1.54, 1.807) is 6.92 Å². The third-order valence-corrected chi connectivity index (χ3v) is 4.11. The maximum atomic E-state index is 11.4. The van der Waals surface area contributed by atoms with Gasteiger partial charge >= 0.3 is 11.8 Å². The number of nitrogens with one attached hydrogen (secondary N) is 2. The highest BCUT2D eigenvalue weighted by atomic mass is 79.9. The Morgan fingerprint density at radius 1 is 1.39 bits per heavy atom. The van der Waals surface area contributed by atoms with Gasteiger partial charge in [-0.1, -0.05) is 0 Å². The summed E-state index contributed by atoms with van der Waals surface area (Å²) in [5.41, 5.74) is 2.92. The summed E-state index contributed by atoms with van der Waals surface area (Å²) in [6.45, 7) is 1.78. The first kappa shape index (κ1) is 13.2. The molecule has 0 bridgehead atoms. The fourth-order valence-electron chi connectivity index (χ4n) is 1.23. The van der Waals surface area contributed by atoms with E-state index in [0.29, 0.717) is 5.71 Å². The molecule has 0 unspecified atom stereocenters. The first-order valence-corrected chi connectivity index (χ1v) is 7.08. The smallest absolute Gasteiger partial charge is 0.329 e. The van der Waals surface area contributed by atoms with Crippen LogP contribution in [-0.2, 0) is 9.59 Å². The Hall–Kier alpha value is -1.21. The average Bonchev–Trinajstić information content (AvgIpc) is 3.04. The normalized spacial score (nSPS) is 15.3. The first-order chi connectivity index (χ1) is 8.56. The maximum Gasteiger partial charge on any atom is 0.329 e. The molecule has 96 valence electrons. The zero-order chi connectivity index (χ0) is 13.1. The zero-order valence-corrected chi connectivity index (χ0v) is 12.1. The van der Waals surface area contributed by atoms with Gasteiger partial charge in [0.15, 0.2) is 0 Å². The largest absolute Gasteiger partial charge is 0.345 e. The van der Waals surface area contributed by atoms with Gasteiger partial charge in [0.25, 0.3) is 0 Å². The molecule has 1 heterocycles. The van der Waals surface area contributed by atoms with Crippen LogP contribution in [0.15, 0.2) is 21.0 Å². The molecule has 2 N–H and O–H groups in total. The molecule has 0 aromatic carbocycles. The monoisotopic (exact) mass is 329 g/mol. The van der Waals surface area contributed by atoms with Crippen LogP contribution in [0.1, 0.15) is 24.6 Å². The number of amides is 2. The van der Waals surface area contributed by atoms with Gasteiger partial charge in [-0.3, -0.25) is 9.59 Å². The molecule has 7 heteroatoms. The Balaban J connectivity index is 1.88. The van der Waals surface area contributed by atoms with E-state index in [0.717, 1.165) is 21.5 Å². The number of carbonyl (C=O) groups excluding carboxylic acids is 2. The summed E-state index contributed by atoms with van der Waals surface area (Å²) in [5.74, 6) is -1.35. The van der Waals surface area contributed by atoms with Crippen molar-refractivity contribution in [2.45, 2.75) is 25.8 Å². The lowest BCUT2D eigenvalue weighted by atomic mass is 10.3. The molecular formula is C11H12BrN3O2S. The minimum atomic E-state index is -0.725. The van der Waals surface area contributed by atoms with Crippen LogP contribution in [0.25, 0.3) is 0 Å². The molecule has 0 aliphatic heterocycles. The number of halogens is 1. The minimum absolute atomic E-state index is 0.168. The summed E-state index contributed by atoms with van der Waals surface area (Å²) in [7, 11) is 0. The van der Waals surface area contributed by atoms with Crippen LogP contribution >= 0.6 is 27.3 Å². The molecule has 0 saturated heterocycles. The predicted molar refractivity (Wildman–Crippen MR) is 73.5 cm³/mol. The average molecular weight is 330 g/mol. The summed E-state index contributed by atoms with van der Waals surface area (Å²) in [5, 5.41) is 6.50. The fourth-order valence-corrected chi connectivity index (χ4v) is 2.56. The van der Waals surface area contributed by atoms with E-state index in [1.807, 2.05) is 12.1 Å². The molecular weight excluding hydrogens is 318 g/mol. The fraction of sp³-hybridized carbons (Fsp3) is 0.364. The van der Waals surface area contributed by atoms with Crippen LogP contribution in [0.3, 0.4) is 0 Å². The van der Waals surface area contributed by atoms with Gasteiger partial charge in [0, 0.05) is 6.04 Å². The SMILES string of the molecule is C/C(=N/NC(=O)C(=O)NC1CC1)c1ccc(Br)s1. The van der Waals surface area contributed by atoms with Crippen LogP contribution in [0.4, 0.5) is 0 Å². The number of hydrogen-bond donors (Lipinski definition) is 2. The van der Waals surface area contributed by atoms with Crippen molar-refractivity contribution in [1.29, 1.82) is 0 Å². The second kappa shape index (κ2) is 5.62. The van der Waals surface area contributed by atoms with Crippen molar-refractivity contribution in [1.82, 2.24) is 10.7 Å². The second-order valence-electron chi connectivity index (χ2n) is 3.99. The van der Waals surface area contributed by atoms with E-state index in [1.165, 1.54) is 11.3 Å². The highest BCUT2D eigenvalue weighted by molar-refractivity contribution is 9.11. The van der Waals surface area contributed by atoms with Crippen molar-refractivity contribution >= 4 is 44.8 Å². The molecule has 18 heavy (non-hydrogen) atoms. The van der Waals surface area contributed by atoms with Crippen molar-refractivity contribution < 1.29 is 9.59 Å². The van der Waals surface area contributed by atoms with E-state index in [-0.39, 0.29) is 6.04 Å². The van der Waals surface area contributed by atoms with Crippen molar-refractivity contribution in [3.63, 3.8) is 0 Å². The Morgan fingerprint density at radius 2 is 2.11 bits per heavy atom. The number of nitrogens with zero attached hydrogens (tertiary/aromatic N) is 1. The van der Waals surface area contributed by atoms with E-state index < -0.39 is 11.8 Å². The Bertz CT molecular complexity index is 508. The molecule has 1 fully saturated rings. The van der Waals surface area contributed by atoms with Crippen LogP contribution in [0, 0.1) is 0 Å². The molecule has 5 nitrogen and oxygen atoms in total. The Kier molecular flexibility index (Phi) is 4.13. The molecule has 1 aromatic rings. The third-order valence-electron chi connectivity index (χ3n) is 2.37. The number of hydrogen-bond acceptors (Lipinski definition) is 4. The standard InChI is InChI=1S/C11H12BrN3O2S/c1-6(8-4-5-9(12)18-8)14-15-11(17)10(16)13-7-2-3-7/h4-5,7H,2-3H2,1H3,(H,13,16)(H,15,17)/b14-6-. The molecule has 2 amide bonds. The highest BCUT2D eigenvalue weighted by Gasteiger charge is 2.26. The van der Waals surface area contributed by atoms with Crippen LogP contribution < -0.4 is 10.7 Å². The summed E-state index contributed by atoms with van der Waals surface area (Å²) in [6.07, 6.45) is 1.90. The molecule has 2 rings (SSSR count). The minimum Gasteiger partial charge on any atom is -0.345 e. The van der Waals surface area contributed by atoms with Crippen LogP contribution in [-0.4, -0.2) is 23.6 Å². The van der Waals surface area contributed by atoms with Gasteiger partial charge in [-0.25, -0.2) is 5.43 Å². The number of carbonyl (C=O) groups is 2. The summed E-state index contributed by atoms with van der Waals surface area (Å²) >= 11 is 4.86. The lowest BCUT2D eigenvalue weighted by Crippen LogP contribution is -2.39. The lowest BCUT2D eigenvalue weighted by molar-refractivity contribution is -0.139. The number of hydrazone groups is 1. The van der Waals surface area contributed by atoms with E-state index >= 15 is 0 Å². The van der Waals surface area contributed by atoms with Gasteiger partial charge in [0.1, 0.15) is 0 Å². The summed E-state index contributed by atoms with van der Waals surface area (Å²) < 4.78 is 0.991. The topological polar surface area (TPSA) is 70.6 Å². The maximum absolute atomic E-state index is 11.4. The summed E-state index contributed by atoms with van der Waals surface area (Å²) in [6, 6.07) is 3.96. The van der Waals surface area contributed by atoms with Crippen LogP contribution in [0.2, 0.25) is 0 Å². The van der Waals surface area contributed by atoms with Gasteiger partial charge in [-0.15, -0.1) is 11.3 Å². The van der Waals surface area contributed by atoms with Crippen molar-refractivity contribution in [2.75, 3.05) is 0 Å². The van der Waals surface area contributed by atoms with Crippen molar-refractivity contribution in [3.8, 4) is 0 Å². The Labute approximate surface area is 117 Å². The van der Waals surface area contributed by atoms with Crippen molar-refractivity contribution in [2.24, 2.45) is 5.10 Å². The summed E-state index contributed by atoms with van der Waals surface area (Å²) in [4.78, 5) is 23.7. The van der Waals surface area contributed by atoms with Gasteiger partial charge < -0.3 is 5.32 Å². The molecule has 1 aromatic heterocycles. The molecule has 0 atom stereocenters. The van der Waals surface area contributed by atoms with Gasteiger partial charge in [0.05, 0.1) is 14.4 Å². The molecule has 1 aliphatic carbocycles. The number of rotatable bonds is 3. The van der Waals surface area contributed by atoms with Gasteiger partial charge in [-0.2, -0.15) is 5.10 Å². The van der Waals surface area contributed by atoms with Crippen molar-refractivity contribution in [3.05, 3.63) is 20.8 Å². The predicted octanol–water partition coefficient (Wildman–Crippen LogP) is 1.63. The van der Waals surface area contributed by atoms with Crippen LogP contribution in [0.5, 0.6) is 0 Å². The first-order valence-electron chi connectivity index (χ1n) is 5.47. The second-order valence-corrected chi connectivity index (χ2v) is 6.45. The highest BCUT2D eigenvalue weighted by Crippen LogP contribution is 2.22. The van der Waals surface area contributed by atoms with E-state index in [4.69, 9.17) is 0 Å². The molecule has 0 spiro atoms. The quantitative estimate of drug-likeness (QED) is 0.502. The molecule has 1 saturated carbocycles. The van der Waals surface area contributed by atoms with Gasteiger partial charge in [0.2, 0.25) is 0 Å². The zero-order valence-electron chi connectivity index (χ0n) is 9.70. The lowest BCUT2D eigenvalue weighted by Gasteiger charge is -2.02. The Morgan fingerprint density at radius 3 is 2.67 bits per heavy atom. The van der Waals surface area contributed by atoms with Gasteiger partial charge in [-0.05, 0) is 47.8 Å². The van der Waals surface area contributed by atoms with E-state index in [2.05, 4.69) is 31.8 Å². The number of thiophene rings is 1. The molecule has 0 radical (unpaired) electrons. The third kappa shape index (κ3) is 3.64.